The fourth-order valence-electron chi connectivity index (χ4n) is 2.54. The first-order valence-electron chi connectivity index (χ1n) is 8.56. The molecule has 0 radical (unpaired) electrons. The lowest BCUT2D eigenvalue weighted by Gasteiger charge is -2.08. The number of aryl methyl sites for hydroxylation is 1. The zero-order valence-electron chi connectivity index (χ0n) is 14.7. The van der Waals surface area contributed by atoms with E-state index >= 15 is 0 Å². The van der Waals surface area contributed by atoms with Gasteiger partial charge in [-0.2, -0.15) is 0 Å². The molecule has 0 aliphatic rings. The third-order valence-electron chi connectivity index (χ3n) is 3.92. The SMILES string of the molecule is CCCNC(=O)c1cccc(NC(=O)c2cnc3onc(CC)c3c2)c1. The van der Waals surface area contributed by atoms with Gasteiger partial charge in [0.15, 0.2) is 0 Å². The number of benzene rings is 1. The first-order valence-corrected chi connectivity index (χ1v) is 8.56. The van der Waals surface area contributed by atoms with E-state index in [1.165, 1.54) is 6.20 Å². The molecule has 0 saturated carbocycles. The molecule has 134 valence electrons. The van der Waals surface area contributed by atoms with Gasteiger partial charge in [0.05, 0.1) is 16.6 Å². The Balaban J connectivity index is 1.78. The van der Waals surface area contributed by atoms with Crippen molar-refractivity contribution in [1.29, 1.82) is 0 Å². The number of amides is 2. The highest BCUT2D eigenvalue weighted by Crippen LogP contribution is 2.19. The molecule has 26 heavy (non-hydrogen) atoms. The molecule has 0 aliphatic heterocycles. The van der Waals surface area contributed by atoms with Crippen LogP contribution in [0.25, 0.3) is 11.1 Å². The van der Waals surface area contributed by atoms with Gasteiger partial charge in [0.25, 0.3) is 17.5 Å². The van der Waals surface area contributed by atoms with Crippen molar-refractivity contribution in [3.63, 3.8) is 0 Å². The van der Waals surface area contributed by atoms with Crippen LogP contribution in [0.3, 0.4) is 0 Å². The number of nitrogens with one attached hydrogen (secondary N) is 2. The fourth-order valence-corrected chi connectivity index (χ4v) is 2.54. The van der Waals surface area contributed by atoms with Crippen molar-refractivity contribution < 1.29 is 14.1 Å². The van der Waals surface area contributed by atoms with Crippen LogP contribution in [0, 0.1) is 0 Å². The van der Waals surface area contributed by atoms with Crippen molar-refractivity contribution in [3.8, 4) is 0 Å². The summed E-state index contributed by atoms with van der Waals surface area (Å²) >= 11 is 0. The van der Waals surface area contributed by atoms with Gasteiger partial charge in [-0.3, -0.25) is 9.59 Å². The Morgan fingerprint density at radius 2 is 1.96 bits per heavy atom. The summed E-state index contributed by atoms with van der Waals surface area (Å²) < 4.78 is 5.13. The Labute approximate surface area is 150 Å². The zero-order chi connectivity index (χ0) is 18.5. The average molecular weight is 352 g/mol. The summed E-state index contributed by atoms with van der Waals surface area (Å²) in [5.41, 5.74) is 2.61. The largest absolute Gasteiger partial charge is 0.352 e. The van der Waals surface area contributed by atoms with Gasteiger partial charge < -0.3 is 15.2 Å². The fraction of sp³-hybridized carbons (Fsp3) is 0.263. The molecule has 0 unspecified atom stereocenters. The summed E-state index contributed by atoms with van der Waals surface area (Å²) in [6.07, 6.45) is 3.00. The highest BCUT2D eigenvalue weighted by Gasteiger charge is 2.13. The maximum atomic E-state index is 12.5. The van der Waals surface area contributed by atoms with E-state index in [1.54, 1.807) is 30.3 Å². The molecule has 3 aromatic rings. The summed E-state index contributed by atoms with van der Waals surface area (Å²) in [6.45, 7) is 4.56. The molecule has 0 aliphatic carbocycles. The van der Waals surface area contributed by atoms with Crippen LogP contribution in [-0.2, 0) is 6.42 Å². The van der Waals surface area contributed by atoms with Crippen LogP contribution in [0.2, 0.25) is 0 Å². The topological polar surface area (TPSA) is 97.1 Å². The standard InChI is InChI=1S/C19H20N4O3/c1-3-8-20-17(24)12-6-5-7-14(9-12)22-18(25)13-10-15-16(4-2)23-26-19(15)21-11-13/h5-7,9-11H,3-4,8H2,1-2H3,(H,20,24)(H,22,25). The Hall–Kier alpha value is -3.22. The average Bonchev–Trinajstić information content (AvgIpc) is 3.08. The van der Waals surface area contributed by atoms with E-state index in [9.17, 15) is 9.59 Å². The maximum absolute atomic E-state index is 12.5. The molecule has 7 nitrogen and oxygen atoms in total. The van der Waals surface area contributed by atoms with Crippen molar-refractivity contribution in [2.24, 2.45) is 0 Å². The molecule has 7 heteroatoms. The minimum atomic E-state index is -0.311. The Morgan fingerprint density at radius 1 is 1.12 bits per heavy atom. The number of hydrogen-bond acceptors (Lipinski definition) is 5. The van der Waals surface area contributed by atoms with Gasteiger partial charge in [0.2, 0.25) is 0 Å². The number of fused-ring (bicyclic) bond motifs is 1. The lowest BCUT2D eigenvalue weighted by atomic mass is 10.1. The first-order chi connectivity index (χ1) is 12.6. The summed E-state index contributed by atoms with van der Waals surface area (Å²) in [4.78, 5) is 28.7. The number of rotatable bonds is 6. The molecule has 0 bridgehead atoms. The van der Waals surface area contributed by atoms with E-state index in [-0.39, 0.29) is 11.8 Å². The molecule has 0 fully saturated rings. The smallest absolute Gasteiger partial charge is 0.257 e. The molecule has 3 rings (SSSR count). The highest BCUT2D eigenvalue weighted by molar-refractivity contribution is 6.06. The normalized spacial score (nSPS) is 10.7. The Kier molecular flexibility index (Phi) is 5.26. The predicted octanol–water partition coefficient (Wildman–Crippen LogP) is 3.18. The van der Waals surface area contributed by atoms with Crippen LogP contribution in [0.4, 0.5) is 5.69 Å². The zero-order valence-corrected chi connectivity index (χ0v) is 14.7. The molecular weight excluding hydrogens is 332 g/mol. The summed E-state index contributed by atoms with van der Waals surface area (Å²) in [5, 5.41) is 10.3. The number of nitrogens with zero attached hydrogens (tertiary/aromatic N) is 2. The predicted molar refractivity (Wildman–Crippen MR) is 98.2 cm³/mol. The van der Waals surface area contributed by atoms with Gasteiger partial charge in [-0.25, -0.2) is 4.98 Å². The molecule has 2 aromatic heterocycles. The summed E-state index contributed by atoms with van der Waals surface area (Å²) in [6, 6.07) is 8.53. The molecule has 0 spiro atoms. The minimum absolute atomic E-state index is 0.164. The van der Waals surface area contributed by atoms with E-state index in [0.717, 1.165) is 17.5 Å². The van der Waals surface area contributed by atoms with Crippen molar-refractivity contribution >= 4 is 28.6 Å². The van der Waals surface area contributed by atoms with Crippen LogP contribution in [-0.4, -0.2) is 28.5 Å². The number of anilines is 1. The van der Waals surface area contributed by atoms with Gasteiger partial charge in [-0.1, -0.05) is 25.1 Å². The lowest BCUT2D eigenvalue weighted by molar-refractivity contribution is 0.0952. The van der Waals surface area contributed by atoms with E-state index in [1.807, 2.05) is 13.8 Å². The van der Waals surface area contributed by atoms with Crippen molar-refractivity contribution in [2.45, 2.75) is 26.7 Å². The maximum Gasteiger partial charge on any atom is 0.257 e. The minimum Gasteiger partial charge on any atom is -0.352 e. The van der Waals surface area contributed by atoms with Crippen LogP contribution >= 0.6 is 0 Å². The van der Waals surface area contributed by atoms with E-state index < -0.39 is 0 Å². The first kappa shape index (κ1) is 17.6. The van der Waals surface area contributed by atoms with E-state index in [4.69, 9.17) is 4.52 Å². The molecule has 0 saturated heterocycles. The molecule has 2 heterocycles. The lowest BCUT2D eigenvalue weighted by Crippen LogP contribution is -2.24. The van der Waals surface area contributed by atoms with E-state index in [0.29, 0.717) is 35.5 Å². The second-order valence-corrected chi connectivity index (χ2v) is 5.85. The molecule has 0 atom stereocenters. The van der Waals surface area contributed by atoms with E-state index in [2.05, 4.69) is 20.8 Å². The number of hydrogen-bond donors (Lipinski definition) is 2. The number of aromatic nitrogens is 2. The third kappa shape index (κ3) is 3.72. The monoisotopic (exact) mass is 352 g/mol. The Bertz CT molecular complexity index is 949. The van der Waals surface area contributed by atoms with Crippen molar-refractivity contribution in [1.82, 2.24) is 15.5 Å². The van der Waals surface area contributed by atoms with Crippen LogP contribution < -0.4 is 10.6 Å². The van der Waals surface area contributed by atoms with Crippen LogP contribution in [0.5, 0.6) is 0 Å². The van der Waals surface area contributed by atoms with Crippen LogP contribution in [0.1, 0.15) is 46.7 Å². The van der Waals surface area contributed by atoms with Gasteiger partial charge >= 0.3 is 0 Å². The van der Waals surface area contributed by atoms with Crippen LogP contribution in [0.15, 0.2) is 41.1 Å². The van der Waals surface area contributed by atoms with Gasteiger partial charge in [-0.15, -0.1) is 0 Å². The second kappa shape index (κ2) is 7.77. The van der Waals surface area contributed by atoms with Gasteiger partial charge in [-0.05, 0) is 37.1 Å². The number of carbonyl (C=O) groups excluding carboxylic acids is 2. The van der Waals surface area contributed by atoms with Crippen molar-refractivity contribution in [2.75, 3.05) is 11.9 Å². The molecule has 2 N–H and O–H groups in total. The summed E-state index contributed by atoms with van der Waals surface area (Å²) in [7, 11) is 0. The number of pyridine rings is 1. The molecule has 1 aromatic carbocycles. The second-order valence-electron chi connectivity index (χ2n) is 5.85. The summed E-state index contributed by atoms with van der Waals surface area (Å²) in [5.74, 6) is -0.475. The highest BCUT2D eigenvalue weighted by atomic mass is 16.5. The molecular formula is C19H20N4O3. The van der Waals surface area contributed by atoms with Gasteiger partial charge in [0, 0.05) is 24.0 Å². The third-order valence-corrected chi connectivity index (χ3v) is 3.92. The quantitative estimate of drug-likeness (QED) is 0.710. The number of carbonyl (C=O) groups is 2. The molecule has 2 amide bonds. The van der Waals surface area contributed by atoms with Crippen molar-refractivity contribution in [3.05, 3.63) is 53.3 Å². The van der Waals surface area contributed by atoms with Gasteiger partial charge in [0.1, 0.15) is 0 Å². The Morgan fingerprint density at radius 3 is 2.73 bits per heavy atom.